The topological polar surface area (TPSA) is 81.3 Å². The van der Waals surface area contributed by atoms with Crippen LogP contribution in [0.5, 0.6) is 0 Å². The van der Waals surface area contributed by atoms with E-state index in [2.05, 4.69) is 15.4 Å². The van der Waals surface area contributed by atoms with Gasteiger partial charge >= 0.3 is 0 Å². The van der Waals surface area contributed by atoms with Crippen LogP contribution in [0.2, 0.25) is 0 Å². The van der Waals surface area contributed by atoms with Crippen LogP contribution in [0, 0.1) is 13.8 Å². The predicted molar refractivity (Wildman–Crippen MR) is 105 cm³/mol. The lowest BCUT2D eigenvalue weighted by atomic mass is 10.2. The molecule has 0 aliphatic heterocycles. The largest absolute Gasteiger partial charge is 0.346 e. The minimum atomic E-state index is -0.282. The maximum atomic E-state index is 12.8. The zero-order valence-electron chi connectivity index (χ0n) is 15.3. The Morgan fingerprint density at radius 3 is 2.81 bits per heavy atom. The Morgan fingerprint density at radius 1 is 1.26 bits per heavy atom. The number of pyridine rings is 1. The molecular weight excluding hydrogens is 362 g/mol. The van der Waals surface area contributed by atoms with Crippen molar-refractivity contribution in [2.45, 2.75) is 33.4 Å². The highest BCUT2D eigenvalue weighted by Gasteiger charge is 2.17. The smallest absolute Gasteiger partial charge is 0.291 e. The van der Waals surface area contributed by atoms with Crippen molar-refractivity contribution in [3.8, 4) is 0 Å². The number of aryl methyl sites for hydroxylation is 2. The molecule has 1 unspecified atom stereocenters. The molecule has 0 spiro atoms. The number of aromatic nitrogens is 4. The number of carbonyl (C=O) groups is 1. The van der Waals surface area contributed by atoms with E-state index in [4.69, 9.17) is 0 Å². The Labute approximate surface area is 159 Å². The summed E-state index contributed by atoms with van der Waals surface area (Å²) >= 11 is 1.64. The fraction of sp³-hybridized carbons (Fsp3) is 0.263. The standard InChI is InChI=1S/C19H19N5O2S/c1-11-8-15-17(27-11)9-16-19(26)23(22-13(3)24(15)16)10-18(25)21-12(2)14-6-4-5-7-20-14/h4-9,12H,10H2,1-3H3,(H,21,25). The molecule has 0 saturated heterocycles. The molecule has 0 fully saturated rings. The van der Waals surface area contributed by atoms with Gasteiger partial charge in [-0.15, -0.1) is 11.3 Å². The predicted octanol–water partition coefficient (Wildman–Crippen LogP) is 2.60. The van der Waals surface area contributed by atoms with Crippen molar-refractivity contribution in [3.63, 3.8) is 0 Å². The van der Waals surface area contributed by atoms with E-state index < -0.39 is 0 Å². The molecule has 0 saturated carbocycles. The van der Waals surface area contributed by atoms with Crippen LogP contribution in [-0.4, -0.2) is 25.1 Å². The van der Waals surface area contributed by atoms with Crippen LogP contribution in [0.3, 0.4) is 0 Å². The third-order valence-corrected chi connectivity index (χ3v) is 5.44. The number of carbonyl (C=O) groups excluding carboxylic acids is 1. The van der Waals surface area contributed by atoms with Gasteiger partial charge in [-0.25, -0.2) is 4.68 Å². The summed E-state index contributed by atoms with van der Waals surface area (Å²) in [5.74, 6) is 0.388. The molecule has 27 heavy (non-hydrogen) atoms. The Morgan fingerprint density at radius 2 is 2.07 bits per heavy atom. The zero-order chi connectivity index (χ0) is 19.1. The first-order valence-corrected chi connectivity index (χ1v) is 9.45. The van der Waals surface area contributed by atoms with Crippen LogP contribution in [0.25, 0.3) is 15.7 Å². The maximum Gasteiger partial charge on any atom is 0.291 e. The summed E-state index contributed by atoms with van der Waals surface area (Å²) < 4.78 is 4.12. The summed E-state index contributed by atoms with van der Waals surface area (Å²) in [5.41, 5.74) is 2.01. The van der Waals surface area contributed by atoms with Crippen molar-refractivity contribution in [1.29, 1.82) is 0 Å². The van der Waals surface area contributed by atoms with E-state index in [-0.39, 0.29) is 24.1 Å². The number of hydrogen-bond donors (Lipinski definition) is 1. The SMILES string of the molecule is Cc1cc2c(cc3c(=O)n(CC(=O)NC(C)c4ccccn4)nc(C)n32)s1. The van der Waals surface area contributed by atoms with Crippen molar-refractivity contribution < 1.29 is 4.79 Å². The molecule has 4 heterocycles. The average Bonchev–Trinajstić information content (AvgIpc) is 3.16. The summed E-state index contributed by atoms with van der Waals surface area (Å²) in [6, 6.07) is 9.21. The summed E-state index contributed by atoms with van der Waals surface area (Å²) in [7, 11) is 0. The molecular formula is C19H19N5O2S. The van der Waals surface area contributed by atoms with Crippen LogP contribution in [0.1, 0.15) is 29.4 Å². The molecule has 0 aromatic carbocycles. The van der Waals surface area contributed by atoms with E-state index >= 15 is 0 Å². The van der Waals surface area contributed by atoms with Crippen LogP contribution in [0.15, 0.2) is 41.3 Å². The van der Waals surface area contributed by atoms with Gasteiger partial charge < -0.3 is 5.32 Å². The third kappa shape index (κ3) is 3.12. The van der Waals surface area contributed by atoms with Crippen LogP contribution in [-0.2, 0) is 11.3 Å². The molecule has 4 rings (SSSR count). The number of thiophene rings is 1. The fourth-order valence-electron chi connectivity index (χ4n) is 3.25. The Bertz CT molecular complexity index is 1210. The van der Waals surface area contributed by atoms with E-state index in [1.165, 1.54) is 9.56 Å². The van der Waals surface area contributed by atoms with E-state index in [9.17, 15) is 9.59 Å². The van der Waals surface area contributed by atoms with Crippen molar-refractivity contribution in [1.82, 2.24) is 24.5 Å². The monoisotopic (exact) mass is 381 g/mol. The van der Waals surface area contributed by atoms with Crippen LogP contribution < -0.4 is 10.9 Å². The number of nitrogens with zero attached hydrogens (tertiary/aromatic N) is 4. The van der Waals surface area contributed by atoms with Gasteiger partial charge in [-0.3, -0.25) is 19.0 Å². The molecule has 0 aliphatic carbocycles. The maximum absolute atomic E-state index is 12.8. The van der Waals surface area contributed by atoms with Crippen molar-refractivity contribution in [2.75, 3.05) is 0 Å². The Balaban J connectivity index is 1.63. The van der Waals surface area contributed by atoms with Gasteiger partial charge in [0, 0.05) is 11.1 Å². The van der Waals surface area contributed by atoms with Crippen LogP contribution in [0.4, 0.5) is 0 Å². The highest BCUT2D eigenvalue weighted by Crippen LogP contribution is 2.27. The molecule has 0 radical (unpaired) electrons. The van der Waals surface area contributed by atoms with E-state index in [0.29, 0.717) is 11.3 Å². The van der Waals surface area contributed by atoms with Gasteiger partial charge in [0.15, 0.2) is 0 Å². The molecule has 1 amide bonds. The lowest BCUT2D eigenvalue weighted by Crippen LogP contribution is -2.36. The highest BCUT2D eigenvalue weighted by atomic mass is 32.1. The fourth-order valence-corrected chi connectivity index (χ4v) is 4.20. The second-order valence-corrected chi connectivity index (χ2v) is 7.81. The first-order valence-electron chi connectivity index (χ1n) is 8.63. The van der Waals surface area contributed by atoms with Crippen molar-refractivity contribution in [2.24, 2.45) is 0 Å². The number of amides is 1. The number of nitrogens with one attached hydrogen (secondary N) is 1. The first kappa shape index (κ1) is 17.4. The second-order valence-electron chi connectivity index (χ2n) is 6.53. The van der Waals surface area contributed by atoms with Gasteiger partial charge in [-0.2, -0.15) is 5.10 Å². The minimum absolute atomic E-state index is 0.134. The lowest BCUT2D eigenvalue weighted by molar-refractivity contribution is -0.122. The van der Waals surface area contributed by atoms with E-state index in [1.807, 2.05) is 55.5 Å². The van der Waals surface area contributed by atoms with Crippen LogP contribution >= 0.6 is 11.3 Å². The first-order chi connectivity index (χ1) is 12.9. The number of fused-ring (bicyclic) bond motifs is 3. The quantitative estimate of drug-likeness (QED) is 0.589. The Kier molecular flexibility index (Phi) is 4.27. The van der Waals surface area contributed by atoms with Gasteiger partial charge in [0.05, 0.1) is 22.0 Å². The van der Waals surface area contributed by atoms with Gasteiger partial charge in [0.25, 0.3) is 5.56 Å². The lowest BCUT2D eigenvalue weighted by Gasteiger charge is -2.14. The molecule has 0 aliphatic rings. The average molecular weight is 381 g/mol. The summed E-state index contributed by atoms with van der Waals surface area (Å²) in [4.78, 5) is 30.7. The second kappa shape index (κ2) is 6.62. The van der Waals surface area contributed by atoms with E-state index in [0.717, 1.165) is 15.9 Å². The normalized spacial score (nSPS) is 12.6. The van der Waals surface area contributed by atoms with Gasteiger partial charge in [0.2, 0.25) is 5.91 Å². The van der Waals surface area contributed by atoms with Crippen molar-refractivity contribution in [3.05, 3.63) is 63.3 Å². The van der Waals surface area contributed by atoms with Crippen molar-refractivity contribution >= 4 is 33.0 Å². The highest BCUT2D eigenvalue weighted by molar-refractivity contribution is 7.19. The zero-order valence-corrected chi connectivity index (χ0v) is 16.1. The minimum Gasteiger partial charge on any atom is -0.346 e. The molecule has 4 aromatic rings. The summed E-state index contributed by atoms with van der Waals surface area (Å²) in [6.07, 6.45) is 1.68. The summed E-state index contributed by atoms with van der Waals surface area (Å²) in [5, 5.41) is 7.21. The molecule has 138 valence electrons. The molecule has 1 N–H and O–H groups in total. The molecule has 7 nitrogen and oxygen atoms in total. The van der Waals surface area contributed by atoms with E-state index in [1.54, 1.807) is 17.5 Å². The Hall–Kier alpha value is -3.00. The van der Waals surface area contributed by atoms with Gasteiger partial charge in [-0.05, 0) is 45.0 Å². The molecule has 8 heteroatoms. The number of hydrogen-bond acceptors (Lipinski definition) is 5. The number of rotatable bonds is 4. The molecule has 4 aromatic heterocycles. The third-order valence-electron chi connectivity index (χ3n) is 4.46. The molecule has 1 atom stereocenters. The summed E-state index contributed by atoms with van der Waals surface area (Å²) in [6.45, 7) is 5.59. The van der Waals surface area contributed by atoms with Gasteiger partial charge in [0.1, 0.15) is 17.9 Å². The molecule has 0 bridgehead atoms. The van der Waals surface area contributed by atoms with Gasteiger partial charge in [-0.1, -0.05) is 6.07 Å².